The van der Waals surface area contributed by atoms with Crippen molar-refractivity contribution in [3.05, 3.63) is 52.6 Å². The lowest BCUT2D eigenvalue weighted by Gasteiger charge is -2.05. The van der Waals surface area contributed by atoms with Crippen LogP contribution in [-0.4, -0.2) is 16.1 Å². The number of rotatable bonds is 3. The highest BCUT2D eigenvalue weighted by Gasteiger charge is 2.10. The third kappa shape index (κ3) is 2.56. The van der Waals surface area contributed by atoms with Gasteiger partial charge in [-0.15, -0.1) is 0 Å². The summed E-state index contributed by atoms with van der Waals surface area (Å²) in [4.78, 5) is 11.8. The number of carbonyl (C=O) groups excluding carboxylic acids is 1. The Kier molecular flexibility index (Phi) is 3.41. The molecular weight excluding hydrogens is 233 g/mol. The van der Waals surface area contributed by atoms with Crippen molar-refractivity contribution in [3.63, 3.8) is 0 Å². The maximum Gasteiger partial charge on any atom is 0.251 e. The summed E-state index contributed by atoms with van der Waals surface area (Å²) in [6.45, 7) is 4.14. The van der Waals surface area contributed by atoms with Crippen molar-refractivity contribution >= 4 is 5.91 Å². The second kappa shape index (κ2) is 5.00. The van der Waals surface area contributed by atoms with E-state index in [1.807, 2.05) is 13.8 Å². The molecule has 0 atom stereocenters. The molecule has 0 aliphatic heterocycles. The Morgan fingerprint density at radius 2 is 2.22 bits per heavy atom. The number of aromatic nitrogens is 2. The molecule has 0 radical (unpaired) electrons. The van der Waals surface area contributed by atoms with Gasteiger partial charge in [0.2, 0.25) is 0 Å². The molecule has 0 fully saturated rings. The van der Waals surface area contributed by atoms with E-state index in [1.54, 1.807) is 6.07 Å². The first-order valence-electron chi connectivity index (χ1n) is 5.62. The maximum atomic E-state index is 13.0. The number of hydrogen-bond acceptors (Lipinski definition) is 2. The molecule has 4 nitrogen and oxygen atoms in total. The molecule has 2 N–H and O–H groups in total. The van der Waals surface area contributed by atoms with Gasteiger partial charge in [-0.05, 0) is 32.0 Å². The van der Waals surface area contributed by atoms with Crippen molar-refractivity contribution in [2.75, 3.05) is 0 Å². The first kappa shape index (κ1) is 12.3. The van der Waals surface area contributed by atoms with E-state index in [0.29, 0.717) is 12.1 Å². The van der Waals surface area contributed by atoms with Crippen LogP contribution in [0.15, 0.2) is 24.3 Å². The number of benzene rings is 1. The molecule has 0 unspecified atom stereocenters. The zero-order valence-electron chi connectivity index (χ0n) is 10.2. The third-order valence-electron chi connectivity index (χ3n) is 2.79. The second-order valence-electron chi connectivity index (χ2n) is 4.11. The van der Waals surface area contributed by atoms with Crippen LogP contribution in [0.4, 0.5) is 4.39 Å². The van der Waals surface area contributed by atoms with Crippen molar-refractivity contribution in [1.29, 1.82) is 0 Å². The van der Waals surface area contributed by atoms with Crippen LogP contribution < -0.4 is 5.32 Å². The number of nitrogens with zero attached hydrogens (tertiary/aromatic N) is 1. The van der Waals surface area contributed by atoms with Crippen LogP contribution in [0.1, 0.15) is 27.3 Å². The molecule has 0 spiro atoms. The van der Waals surface area contributed by atoms with Crippen LogP contribution in [0.25, 0.3) is 0 Å². The summed E-state index contributed by atoms with van der Waals surface area (Å²) in [7, 11) is 0. The van der Waals surface area contributed by atoms with Crippen LogP contribution in [0.5, 0.6) is 0 Å². The van der Waals surface area contributed by atoms with Gasteiger partial charge < -0.3 is 5.32 Å². The average molecular weight is 247 g/mol. The molecule has 0 saturated heterocycles. The van der Waals surface area contributed by atoms with Crippen molar-refractivity contribution in [2.24, 2.45) is 0 Å². The molecule has 1 aromatic carbocycles. The number of aromatic amines is 1. The molecule has 1 aromatic heterocycles. The fourth-order valence-electron chi connectivity index (χ4n) is 1.73. The number of nitrogens with one attached hydrogen (secondary N) is 2. The minimum atomic E-state index is -0.418. The Bertz CT molecular complexity index is 558. The van der Waals surface area contributed by atoms with Crippen LogP contribution >= 0.6 is 0 Å². The number of aryl methyl sites for hydroxylation is 2. The summed E-state index contributed by atoms with van der Waals surface area (Å²) in [6.07, 6.45) is 0. The highest BCUT2D eigenvalue weighted by Crippen LogP contribution is 2.09. The van der Waals surface area contributed by atoms with E-state index in [0.717, 1.165) is 17.0 Å². The average Bonchev–Trinajstić information content (AvgIpc) is 2.66. The molecule has 5 heteroatoms. The Labute approximate surface area is 104 Å². The van der Waals surface area contributed by atoms with Gasteiger partial charge in [-0.1, -0.05) is 6.07 Å². The standard InChI is InChI=1S/C13H14FN3O/c1-8-12(9(2)17-16-8)7-15-13(18)10-4-3-5-11(14)6-10/h3-6H,7H2,1-2H3,(H,15,18)(H,16,17). The van der Waals surface area contributed by atoms with Gasteiger partial charge in [-0.25, -0.2) is 4.39 Å². The minimum Gasteiger partial charge on any atom is -0.348 e. The van der Waals surface area contributed by atoms with Crippen LogP contribution in [0, 0.1) is 19.7 Å². The Balaban J connectivity index is 2.05. The fourth-order valence-corrected chi connectivity index (χ4v) is 1.73. The van der Waals surface area contributed by atoms with Crippen molar-refractivity contribution in [3.8, 4) is 0 Å². The summed E-state index contributed by atoms with van der Waals surface area (Å²) in [6, 6.07) is 5.61. The van der Waals surface area contributed by atoms with Gasteiger partial charge >= 0.3 is 0 Å². The van der Waals surface area contributed by atoms with E-state index in [2.05, 4.69) is 15.5 Å². The lowest BCUT2D eigenvalue weighted by molar-refractivity contribution is 0.0950. The van der Waals surface area contributed by atoms with E-state index >= 15 is 0 Å². The normalized spacial score (nSPS) is 10.4. The van der Waals surface area contributed by atoms with E-state index < -0.39 is 5.82 Å². The Hall–Kier alpha value is -2.17. The summed E-state index contributed by atoms with van der Waals surface area (Å²) >= 11 is 0. The van der Waals surface area contributed by atoms with Crippen LogP contribution in [-0.2, 0) is 6.54 Å². The largest absolute Gasteiger partial charge is 0.348 e. The van der Waals surface area contributed by atoms with E-state index in [1.165, 1.54) is 18.2 Å². The van der Waals surface area contributed by atoms with Gasteiger partial charge in [0.05, 0.1) is 5.69 Å². The molecule has 1 amide bonds. The van der Waals surface area contributed by atoms with Crippen molar-refractivity contribution in [2.45, 2.75) is 20.4 Å². The number of halogens is 1. The lowest BCUT2D eigenvalue weighted by Crippen LogP contribution is -2.23. The topological polar surface area (TPSA) is 57.8 Å². The molecule has 94 valence electrons. The summed E-state index contributed by atoms with van der Waals surface area (Å²) in [5, 5.41) is 9.64. The summed E-state index contributed by atoms with van der Waals surface area (Å²) < 4.78 is 13.0. The zero-order chi connectivity index (χ0) is 13.1. The minimum absolute atomic E-state index is 0.297. The monoisotopic (exact) mass is 247 g/mol. The molecule has 2 rings (SSSR count). The highest BCUT2D eigenvalue weighted by molar-refractivity contribution is 5.94. The highest BCUT2D eigenvalue weighted by atomic mass is 19.1. The molecule has 0 aliphatic carbocycles. The van der Waals surface area contributed by atoms with Crippen LogP contribution in [0.2, 0.25) is 0 Å². The third-order valence-corrected chi connectivity index (χ3v) is 2.79. The SMILES string of the molecule is Cc1n[nH]c(C)c1CNC(=O)c1cccc(F)c1. The molecule has 2 aromatic rings. The molecule has 0 saturated carbocycles. The smallest absolute Gasteiger partial charge is 0.251 e. The Morgan fingerprint density at radius 1 is 1.44 bits per heavy atom. The predicted octanol–water partition coefficient (Wildman–Crippen LogP) is 2.10. The van der Waals surface area contributed by atoms with Crippen molar-refractivity contribution < 1.29 is 9.18 Å². The second-order valence-corrected chi connectivity index (χ2v) is 4.11. The molecular formula is C13H14FN3O. The van der Waals surface area contributed by atoms with Crippen molar-refractivity contribution in [1.82, 2.24) is 15.5 Å². The molecule has 1 heterocycles. The van der Waals surface area contributed by atoms with E-state index in [-0.39, 0.29) is 5.91 Å². The van der Waals surface area contributed by atoms with Gasteiger partial charge in [0.25, 0.3) is 5.91 Å². The molecule has 18 heavy (non-hydrogen) atoms. The summed E-state index contributed by atoms with van der Waals surface area (Å²) in [5.41, 5.74) is 3.05. The van der Waals surface area contributed by atoms with Crippen LogP contribution in [0.3, 0.4) is 0 Å². The first-order chi connectivity index (χ1) is 8.58. The van der Waals surface area contributed by atoms with Gasteiger partial charge in [0.1, 0.15) is 5.82 Å². The van der Waals surface area contributed by atoms with Gasteiger partial charge in [0, 0.05) is 23.4 Å². The van der Waals surface area contributed by atoms with Gasteiger partial charge in [-0.2, -0.15) is 5.10 Å². The van der Waals surface area contributed by atoms with E-state index in [4.69, 9.17) is 0 Å². The first-order valence-corrected chi connectivity index (χ1v) is 5.62. The van der Waals surface area contributed by atoms with Gasteiger partial charge in [0.15, 0.2) is 0 Å². The quantitative estimate of drug-likeness (QED) is 0.872. The lowest BCUT2D eigenvalue weighted by atomic mass is 10.1. The number of H-pyrrole nitrogens is 1. The number of carbonyl (C=O) groups is 1. The summed E-state index contributed by atoms with van der Waals surface area (Å²) in [5.74, 6) is -0.715. The molecule has 0 aliphatic rings. The number of amides is 1. The van der Waals surface area contributed by atoms with E-state index in [9.17, 15) is 9.18 Å². The maximum absolute atomic E-state index is 13.0. The number of hydrogen-bond donors (Lipinski definition) is 2. The molecule has 0 bridgehead atoms. The fraction of sp³-hybridized carbons (Fsp3) is 0.231. The Morgan fingerprint density at radius 3 is 2.83 bits per heavy atom. The predicted molar refractivity (Wildman–Crippen MR) is 65.6 cm³/mol. The zero-order valence-corrected chi connectivity index (χ0v) is 10.2. The van der Waals surface area contributed by atoms with Gasteiger partial charge in [-0.3, -0.25) is 9.89 Å².